The monoisotopic (exact) mass is 344 g/mol. The minimum absolute atomic E-state index is 0.191. The van der Waals surface area contributed by atoms with Gasteiger partial charge >= 0.3 is 5.97 Å². The third kappa shape index (κ3) is 4.29. The first-order chi connectivity index (χ1) is 11.4. The van der Waals surface area contributed by atoms with Crippen molar-refractivity contribution in [1.82, 2.24) is 4.98 Å². The summed E-state index contributed by atoms with van der Waals surface area (Å²) >= 11 is 1.30. The van der Waals surface area contributed by atoms with Crippen LogP contribution in [0.2, 0.25) is 0 Å². The molecule has 2 rings (SSSR count). The molecule has 24 heavy (non-hydrogen) atoms. The third-order valence-corrected chi connectivity index (χ3v) is 4.39. The first kappa shape index (κ1) is 17.9. The lowest BCUT2D eigenvalue weighted by atomic mass is 9.98. The van der Waals surface area contributed by atoms with Crippen LogP contribution in [0.3, 0.4) is 0 Å². The molecule has 0 spiro atoms. The van der Waals surface area contributed by atoms with E-state index in [1.165, 1.54) is 11.3 Å². The number of ether oxygens (including phenoxy) is 1. The van der Waals surface area contributed by atoms with E-state index < -0.39 is 5.97 Å². The fraction of sp³-hybridized carbons (Fsp3) is 0.278. The van der Waals surface area contributed by atoms with Gasteiger partial charge in [-0.15, -0.1) is 17.9 Å². The van der Waals surface area contributed by atoms with Crippen LogP contribution in [0.15, 0.2) is 30.2 Å². The Hall–Kier alpha value is -2.47. The number of nitrogens with zero attached hydrogens (tertiary/aromatic N) is 1. The van der Waals surface area contributed by atoms with Crippen molar-refractivity contribution in [2.24, 2.45) is 0 Å². The number of carbonyl (C=O) groups is 2. The highest BCUT2D eigenvalue weighted by atomic mass is 32.1. The van der Waals surface area contributed by atoms with Crippen molar-refractivity contribution in [1.29, 1.82) is 0 Å². The summed E-state index contributed by atoms with van der Waals surface area (Å²) in [7, 11) is 0. The number of esters is 1. The summed E-state index contributed by atoms with van der Waals surface area (Å²) < 4.78 is 5.09. The SMILES string of the molecule is C=CCNc1nc(C(=O)OCC(=O)c2cc(C)c(C)cc2C)cs1. The fourth-order valence-electron chi connectivity index (χ4n) is 2.15. The minimum Gasteiger partial charge on any atom is -0.453 e. The van der Waals surface area contributed by atoms with E-state index in [-0.39, 0.29) is 18.1 Å². The Labute approximate surface area is 145 Å². The topological polar surface area (TPSA) is 68.3 Å². The number of aromatic nitrogens is 1. The van der Waals surface area contributed by atoms with Gasteiger partial charge in [0.2, 0.25) is 5.78 Å². The Morgan fingerprint density at radius 2 is 1.96 bits per heavy atom. The number of ketones is 1. The fourth-order valence-corrected chi connectivity index (χ4v) is 2.84. The molecule has 0 amide bonds. The standard InChI is InChI=1S/C18H20N2O3S/c1-5-6-19-18-20-15(10-24-18)17(22)23-9-16(21)14-8-12(3)11(2)7-13(14)4/h5,7-8,10H,1,6,9H2,2-4H3,(H,19,20). The highest BCUT2D eigenvalue weighted by Gasteiger charge is 2.16. The molecular formula is C18H20N2O3S. The molecule has 0 aliphatic heterocycles. The van der Waals surface area contributed by atoms with Gasteiger partial charge in [-0.05, 0) is 43.5 Å². The molecule has 0 aliphatic rings. The number of Topliss-reactive ketones (excluding diaryl/α,β-unsaturated/α-hetero) is 1. The van der Waals surface area contributed by atoms with Gasteiger partial charge in [0.25, 0.3) is 0 Å². The Bertz CT molecular complexity index is 781. The van der Waals surface area contributed by atoms with Gasteiger partial charge in [-0.1, -0.05) is 12.1 Å². The summed E-state index contributed by atoms with van der Waals surface area (Å²) in [6, 6.07) is 3.79. The highest BCUT2D eigenvalue weighted by molar-refractivity contribution is 7.13. The van der Waals surface area contributed by atoms with Gasteiger partial charge in [-0.25, -0.2) is 9.78 Å². The molecule has 0 atom stereocenters. The van der Waals surface area contributed by atoms with E-state index in [1.807, 2.05) is 32.9 Å². The molecule has 0 unspecified atom stereocenters. The molecular weight excluding hydrogens is 324 g/mol. The molecule has 0 radical (unpaired) electrons. The van der Waals surface area contributed by atoms with E-state index in [2.05, 4.69) is 16.9 Å². The van der Waals surface area contributed by atoms with Gasteiger partial charge in [-0.3, -0.25) is 4.79 Å². The molecule has 1 aromatic heterocycles. The van der Waals surface area contributed by atoms with Gasteiger partial charge in [0.15, 0.2) is 17.4 Å². The van der Waals surface area contributed by atoms with Crippen LogP contribution >= 0.6 is 11.3 Å². The summed E-state index contributed by atoms with van der Waals surface area (Å²) in [6.07, 6.45) is 1.70. The van der Waals surface area contributed by atoms with Gasteiger partial charge in [-0.2, -0.15) is 0 Å². The lowest BCUT2D eigenvalue weighted by molar-refractivity contribution is 0.0469. The maximum Gasteiger partial charge on any atom is 0.358 e. The Morgan fingerprint density at radius 1 is 1.25 bits per heavy atom. The van der Waals surface area contributed by atoms with Crippen molar-refractivity contribution in [3.05, 3.63) is 58.1 Å². The average Bonchev–Trinajstić information content (AvgIpc) is 3.02. The number of carbonyl (C=O) groups excluding carboxylic acids is 2. The normalized spacial score (nSPS) is 10.3. The second kappa shape index (κ2) is 7.88. The Kier molecular flexibility index (Phi) is 5.87. The van der Waals surface area contributed by atoms with Crippen molar-refractivity contribution in [3.63, 3.8) is 0 Å². The molecule has 1 N–H and O–H groups in total. The molecule has 126 valence electrons. The zero-order chi connectivity index (χ0) is 17.7. The molecule has 0 fully saturated rings. The van der Waals surface area contributed by atoms with E-state index in [9.17, 15) is 9.59 Å². The Morgan fingerprint density at radius 3 is 2.67 bits per heavy atom. The number of hydrogen-bond acceptors (Lipinski definition) is 6. The molecule has 1 heterocycles. The van der Waals surface area contributed by atoms with Crippen molar-refractivity contribution in [3.8, 4) is 0 Å². The third-order valence-electron chi connectivity index (χ3n) is 3.59. The van der Waals surface area contributed by atoms with Crippen molar-refractivity contribution < 1.29 is 14.3 Å². The molecule has 1 aromatic carbocycles. The van der Waals surface area contributed by atoms with Crippen LogP contribution in [-0.2, 0) is 4.74 Å². The van der Waals surface area contributed by atoms with Gasteiger partial charge < -0.3 is 10.1 Å². The number of aryl methyl sites for hydroxylation is 3. The largest absolute Gasteiger partial charge is 0.453 e. The molecule has 5 nitrogen and oxygen atoms in total. The smallest absolute Gasteiger partial charge is 0.358 e. The van der Waals surface area contributed by atoms with Gasteiger partial charge in [0.1, 0.15) is 0 Å². The summed E-state index contributed by atoms with van der Waals surface area (Å²) in [5.41, 5.74) is 3.81. The van der Waals surface area contributed by atoms with Crippen LogP contribution in [0, 0.1) is 20.8 Å². The number of anilines is 1. The number of thiazole rings is 1. The minimum atomic E-state index is -0.604. The first-order valence-corrected chi connectivity index (χ1v) is 8.38. The number of benzene rings is 1. The number of rotatable bonds is 7. The number of hydrogen-bond donors (Lipinski definition) is 1. The van der Waals surface area contributed by atoms with E-state index >= 15 is 0 Å². The predicted molar refractivity (Wildman–Crippen MR) is 96.1 cm³/mol. The maximum absolute atomic E-state index is 12.3. The summed E-state index contributed by atoms with van der Waals surface area (Å²) in [5, 5.41) is 5.20. The molecule has 0 saturated heterocycles. The second-order valence-electron chi connectivity index (χ2n) is 5.46. The van der Waals surface area contributed by atoms with Gasteiger partial charge in [0, 0.05) is 17.5 Å². The molecule has 0 saturated carbocycles. The van der Waals surface area contributed by atoms with Crippen molar-refractivity contribution in [2.45, 2.75) is 20.8 Å². The maximum atomic E-state index is 12.3. The number of nitrogens with one attached hydrogen (secondary N) is 1. The summed E-state index contributed by atoms with van der Waals surface area (Å²) in [6.45, 7) is 9.69. The van der Waals surface area contributed by atoms with E-state index in [1.54, 1.807) is 11.5 Å². The van der Waals surface area contributed by atoms with Crippen molar-refractivity contribution >= 4 is 28.2 Å². The molecule has 6 heteroatoms. The molecule has 0 aliphatic carbocycles. The van der Waals surface area contributed by atoms with Crippen molar-refractivity contribution in [2.75, 3.05) is 18.5 Å². The lowest BCUT2D eigenvalue weighted by Crippen LogP contribution is -2.16. The molecule has 0 bridgehead atoms. The van der Waals surface area contributed by atoms with Crippen LogP contribution < -0.4 is 5.32 Å². The first-order valence-electron chi connectivity index (χ1n) is 7.51. The van der Waals surface area contributed by atoms with E-state index in [0.717, 1.165) is 16.7 Å². The summed E-state index contributed by atoms with van der Waals surface area (Å²) in [4.78, 5) is 28.4. The van der Waals surface area contributed by atoms with Crippen LogP contribution in [0.4, 0.5) is 5.13 Å². The van der Waals surface area contributed by atoms with E-state index in [0.29, 0.717) is 17.2 Å². The van der Waals surface area contributed by atoms with Crippen LogP contribution in [-0.4, -0.2) is 29.9 Å². The summed E-state index contributed by atoms with van der Waals surface area (Å²) in [5.74, 6) is -0.822. The zero-order valence-corrected chi connectivity index (χ0v) is 14.8. The van der Waals surface area contributed by atoms with Crippen LogP contribution in [0.25, 0.3) is 0 Å². The highest BCUT2D eigenvalue weighted by Crippen LogP contribution is 2.18. The van der Waals surface area contributed by atoms with Gasteiger partial charge in [0.05, 0.1) is 0 Å². The zero-order valence-electron chi connectivity index (χ0n) is 14.0. The Balaban J connectivity index is 1.98. The average molecular weight is 344 g/mol. The van der Waals surface area contributed by atoms with Crippen LogP contribution in [0.5, 0.6) is 0 Å². The predicted octanol–water partition coefficient (Wildman–Crippen LogP) is 3.71. The van der Waals surface area contributed by atoms with E-state index in [4.69, 9.17) is 4.74 Å². The lowest BCUT2D eigenvalue weighted by Gasteiger charge is -2.09. The second-order valence-corrected chi connectivity index (χ2v) is 6.32. The quantitative estimate of drug-likeness (QED) is 0.471. The van der Waals surface area contributed by atoms with Crippen LogP contribution in [0.1, 0.15) is 37.5 Å². The molecule has 2 aromatic rings.